The summed E-state index contributed by atoms with van der Waals surface area (Å²) >= 11 is 12.4. The molecule has 0 unspecified atom stereocenters. The first-order valence-corrected chi connectivity index (χ1v) is 9.84. The van der Waals surface area contributed by atoms with E-state index < -0.39 is 0 Å². The van der Waals surface area contributed by atoms with Crippen LogP contribution in [0.25, 0.3) is 5.69 Å². The van der Waals surface area contributed by atoms with Crippen molar-refractivity contribution in [3.63, 3.8) is 0 Å². The molecule has 0 radical (unpaired) electrons. The van der Waals surface area contributed by atoms with E-state index in [0.717, 1.165) is 54.3 Å². The summed E-state index contributed by atoms with van der Waals surface area (Å²) in [7, 11) is 1.67. The van der Waals surface area contributed by atoms with Crippen LogP contribution in [-0.4, -0.2) is 23.4 Å². The van der Waals surface area contributed by atoms with Crippen LogP contribution in [-0.2, 0) is 12.8 Å². The largest absolute Gasteiger partial charge is 0.497 e. The van der Waals surface area contributed by atoms with E-state index in [4.69, 9.17) is 33.0 Å². The lowest BCUT2D eigenvalue weighted by atomic mass is 10.0. The standard InChI is InChI=1S/C21H21Cl2N3O/c1-27-17-9-7-16(8-10-17)26-21-18(4-2-3-11-24-21)20(25-26)12-14-5-6-15(22)13-19(14)23/h5-10,13,24H,2-4,11-12H2,1H3. The van der Waals surface area contributed by atoms with Gasteiger partial charge < -0.3 is 10.1 Å². The minimum Gasteiger partial charge on any atom is -0.497 e. The zero-order valence-corrected chi connectivity index (χ0v) is 16.6. The molecule has 0 saturated heterocycles. The number of ether oxygens (including phenoxy) is 1. The summed E-state index contributed by atoms with van der Waals surface area (Å²) < 4.78 is 7.27. The minimum absolute atomic E-state index is 0.646. The van der Waals surface area contributed by atoms with Crippen LogP contribution in [0.3, 0.4) is 0 Å². The Balaban J connectivity index is 1.76. The van der Waals surface area contributed by atoms with Gasteiger partial charge in [-0.2, -0.15) is 5.10 Å². The van der Waals surface area contributed by atoms with Crippen LogP contribution in [0.5, 0.6) is 5.75 Å². The van der Waals surface area contributed by atoms with Gasteiger partial charge in [-0.3, -0.25) is 0 Å². The SMILES string of the molecule is COc1ccc(-n2nc(Cc3ccc(Cl)cc3Cl)c3c2NCCCC3)cc1. The van der Waals surface area contributed by atoms with Gasteiger partial charge in [0.15, 0.2) is 0 Å². The highest BCUT2D eigenvalue weighted by molar-refractivity contribution is 6.35. The van der Waals surface area contributed by atoms with Crippen LogP contribution in [0.1, 0.15) is 29.7 Å². The number of nitrogens with one attached hydrogen (secondary N) is 1. The van der Waals surface area contributed by atoms with E-state index in [1.165, 1.54) is 5.56 Å². The van der Waals surface area contributed by atoms with Crippen molar-refractivity contribution in [2.75, 3.05) is 19.0 Å². The van der Waals surface area contributed by atoms with Crippen molar-refractivity contribution in [3.05, 3.63) is 69.3 Å². The Labute approximate surface area is 169 Å². The lowest BCUT2D eigenvalue weighted by Gasteiger charge is -2.09. The fourth-order valence-corrected chi connectivity index (χ4v) is 3.95. The summed E-state index contributed by atoms with van der Waals surface area (Å²) in [5.41, 5.74) is 4.37. The van der Waals surface area contributed by atoms with Gasteiger partial charge in [0, 0.05) is 28.6 Å². The number of hydrogen-bond donors (Lipinski definition) is 1. The highest BCUT2D eigenvalue weighted by Crippen LogP contribution is 2.31. The second-order valence-electron chi connectivity index (χ2n) is 6.68. The summed E-state index contributed by atoms with van der Waals surface area (Å²) in [6, 6.07) is 13.6. The third-order valence-corrected chi connectivity index (χ3v) is 5.49. The third-order valence-electron chi connectivity index (χ3n) is 4.90. The molecular weight excluding hydrogens is 381 g/mol. The number of halogens is 2. The summed E-state index contributed by atoms with van der Waals surface area (Å²) in [5, 5.41) is 9.83. The second kappa shape index (κ2) is 7.83. The van der Waals surface area contributed by atoms with E-state index in [-0.39, 0.29) is 0 Å². The van der Waals surface area contributed by atoms with Crippen molar-refractivity contribution < 1.29 is 4.74 Å². The molecule has 1 aliphatic heterocycles. The maximum Gasteiger partial charge on any atom is 0.133 e. The van der Waals surface area contributed by atoms with Crippen LogP contribution in [0, 0.1) is 0 Å². The molecule has 140 valence electrons. The molecule has 0 amide bonds. The monoisotopic (exact) mass is 401 g/mol. The predicted octanol–water partition coefficient (Wildman–Crippen LogP) is 5.53. The molecule has 0 fully saturated rings. The lowest BCUT2D eigenvalue weighted by Crippen LogP contribution is -2.07. The first-order valence-electron chi connectivity index (χ1n) is 9.08. The van der Waals surface area contributed by atoms with Crippen molar-refractivity contribution in [1.82, 2.24) is 9.78 Å². The highest BCUT2D eigenvalue weighted by atomic mass is 35.5. The first kappa shape index (κ1) is 18.2. The van der Waals surface area contributed by atoms with E-state index in [1.54, 1.807) is 13.2 Å². The Morgan fingerprint density at radius 3 is 2.67 bits per heavy atom. The van der Waals surface area contributed by atoms with E-state index in [0.29, 0.717) is 16.5 Å². The number of methoxy groups -OCH3 is 1. The Kier molecular flexibility index (Phi) is 5.28. The number of hydrogen-bond acceptors (Lipinski definition) is 3. The summed E-state index contributed by atoms with van der Waals surface area (Å²) in [4.78, 5) is 0. The van der Waals surface area contributed by atoms with Gasteiger partial charge in [-0.15, -0.1) is 0 Å². The van der Waals surface area contributed by atoms with E-state index in [9.17, 15) is 0 Å². The van der Waals surface area contributed by atoms with Crippen molar-refractivity contribution in [2.45, 2.75) is 25.7 Å². The molecule has 1 aromatic heterocycles. The van der Waals surface area contributed by atoms with Crippen LogP contribution in [0.2, 0.25) is 10.0 Å². The number of aromatic nitrogens is 2. The van der Waals surface area contributed by atoms with E-state index >= 15 is 0 Å². The molecular formula is C21H21Cl2N3O. The van der Waals surface area contributed by atoms with Crippen molar-refractivity contribution in [2.24, 2.45) is 0 Å². The van der Waals surface area contributed by atoms with Gasteiger partial charge in [0.1, 0.15) is 11.6 Å². The molecule has 0 saturated carbocycles. The molecule has 4 rings (SSSR count). The predicted molar refractivity (Wildman–Crippen MR) is 111 cm³/mol. The Bertz CT molecular complexity index is 951. The van der Waals surface area contributed by atoms with Crippen LogP contribution < -0.4 is 10.1 Å². The number of anilines is 1. The maximum absolute atomic E-state index is 6.40. The van der Waals surface area contributed by atoms with Gasteiger partial charge >= 0.3 is 0 Å². The third kappa shape index (κ3) is 3.78. The molecule has 0 atom stereocenters. The molecule has 0 spiro atoms. The van der Waals surface area contributed by atoms with Gasteiger partial charge in [0.2, 0.25) is 0 Å². The number of rotatable bonds is 4. The molecule has 2 aromatic carbocycles. The molecule has 4 nitrogen and oxygen atoms in total. The fraction of sp³-hybridized carbons (Fsp3) is 0.286. The van der Waals surface area contributed by atoms with Crippen LogP contribution in [0.15, 0.2) is 42.5 Å². The molecule has 2 heterocycles. The molecule has 27 heavy (non-hydrogen) atoms. The van der Waals surface area contributed by atoms with Crippen molar-refractivity contribution >= 4 is 29.0 Å². The quantitative estimate of drug-likeness (QED) is 0.624. The lowest BCUT2D eigenvalue weighted by molar-refractivity contribution is 0.414. The average molecular weight is 402 g/mol. The summed E-state index contributed by atoms with van der Waals surface area (Å²) in [6.45, 7) is 0.954. The van der Waals surface area contributed by atoms with Crippen LogP contribution >= 0.6 is 23.2 Å². The molecule has 1 N–H and O–H groups in total. The van der Waals surface area contributed by atoms with Gasteiger partial charge in [-0.25, -0.2) is 4.68 Å². The van der Waals surface area contributed by atoms with E-state index in [1.807, 2.05) is 41.1 Å². The topological polar surface area (TPSA) is 39.1 Å². The van der Waals surface area contributed by atoms with Gasteiger partial charge in [-0.1, -0.05) is 29.3 Å². The average Bonchev–Trinajstić information content (AvgIpc) is 2.85. The molecule has 0 bridgehead atoms. The van der Waals surface area contributed by atoms with Crippen molar-refractivity contribution in [3.8, 4) is 11.4 Å². The van der Waals surface area contributed by atoms with Gasteiger partial charge in [0.05, 0.1) is 18.5 Å². The smallest absolute Gasteiger partial charge is 0.133 e. The number of fused-ring (bicyclic) bond motifs is 1. The first-order chi connectivity index (χ1) is 13.2. The zero-order valence-electron chi connectivity index (χ0n) is 15.1. The molecule has 6 heteroatoms. The summed E-state index contributed by atoms with van der Waals surface area (Å²) in [5.74, 6) is 1.91. The Morgan fingerprint density at radius 2 is 1.93 bits per heavy atom. The Hall–Kier alpha value is -2.17. The zero-order chi connectivity index (χ0) is 18.8. The maximum atomic E-state index is 6.40. The van der Waals surface area contributed by atoms with Gasteiger partial charge in [-0.05, 0) is 61.2 Å². The van der Waals surface area contributed by atoms with Crippen molar-refractivity contribution in [1.29, 1.82) is 0 Å². The highest BCUT2D eigenvalue weighted by Gasteiger charge is 2.21. The summed E-state index contributed by atoms with van der Waals surface area (Å²) in [6.07, 6.45) is 4.00. The second-order valence-corrected chi connectivity index (χ2v) is 7.52. The normalized spacial score (nSPS) is 13.6. The Morgan fingerprint density at radius 1 is 1.11 bits per heavy atom. The number of benzene rings is 2. The molecule has 3 aromatic rings. The van der Waals surface area contributed by atoms with E-state index in [2.05, 4.69) is 5.32 Å². The fourth-order valence-electron chi connectivity index (χ4n) is 3.47. The van der Waals surface area contributed by atoms with Crippen LogP contribution in [0.4, 0.5) is 5.82 Å². The molecule has 0 aliphatic carbocycles. The number of nitrogens with zero attached hydrogens (tertiary/aromatic N) is 2. The van der Waals surface area contributed by atoms with Gasteiger partial charge in [0.25, 0.3) is 0 Å². The minimum atomic E-state index is 0.646. The molecule has 1 aliphatic rings.